The number of likely N-dealkylation sites (tertiary alicyclic amines) is 1. The first-order valence-corrected chi connectivity index (χ1v) is 9.75. The normalized spacial score (nSPS) is 17.9. The van der Waals surface area contributed by atoms with Gasteiger partial charge in [-0.1, -0.05) is 30.3 Å². The fraction of sp³-hybridized carbons (Fsp3) is 0.600. The Morgan fingerprint density at radius 2 is 1.64 bits per heavy atom. The van der Waals surface area contributed by atoms with Crippen molar-refractivity contribution in [3.8, 4) is 0 Å². The number of amides is 2. The van der Waals surface area contributed by atoms with E-state index in [-0.39, 0.29) is 42.7 Å². The summed E-state index contributed by atoms with van der Waals surface area (Å²) in [6, 6.07) is 10.3. The van der Waals surface area contributed by atoms with E-state index in [4.69, 9.17) is 0 Å². The third kappa shape index (κ3) is 7.95. The van der Waals surface area contributed by atoms with E-state index in [2.05, 4.69) is 27.7 Å². The fourth-order valence-corrected chi connectivity index (χ4v) is 3.64. The Kier molecular flexibility index (Phi) is 11.5. The van der Waals surface area contributed by atoms with Crippen molar-refractivity contribution < 1.29 is 9.59 Å². The van der Waals surface area contributed by atoms with E-state index >= 15 is 0 Å². The van der Waals surface area contributed by atoms with Crippen LogP contribution in [0.2, 0.25) is 0 Å². The summed E-state index contributed by atoms with van der Waals surface area (Å²) >= 11 is 0. The molecule has 2 amide bonds. The van der Waals surface area contributed by atoms with Gasteiger partial charge in [-0.15, -0.1) is 24.8 Å². The average molecular weight is 431 g/mol. The second-order valence-corrected chi connectivity index (χ2v) is 7.23. The van der Waals surface area contributed by atoms with Crippen LogP contribution in [0.15, 0.2) is 30.3 Å². The zero-order chi connectivity index (χ0) is 18.2. The first kappa shape index (κ1) is 24.7. The fourth-order valence-electron chi connectivity index (χ4n) is 3.64. The lowest BCUT2D eigenvalue weighted by atomic mass is 10.0. The van der Waals surface area contributed by atoms with E-state index in [1.165, 1.54) is 5.56 Å². The lowest BCUT2D eigenvalue weighted by Crippen LogP contribution is -2.51. The van der Waals surface area contributed by atoms with Crippen LogP contribution in [0.4, 0.5) is 0 Å². The van der Waals surface area contributed by atoms with E-state index in [1.54, 1.807) is 0 Å². The molecule has 2 saturated heterocycles. The number of benzene rings is 1. The number of hydrogen-bond donors (Lipinski definition) is 2. The van der Waals surface area contributed by atoms with E-state index < -0.39 is 0 Å². The second kappa shape index (κ2) is 13.0. The standard InChI is InChI=1S/C20H30N4O2.2ClH/c25-19(7-6-17-4-2-1-3-5-17)22-18-8-12-24(13-9-18)20(26)16-23-14-10-21-11-15-23;;/h1-5,18,21H,6-16H2,(H,22,25);2*1H. The lowest BCUT2D eigenvalue weighted by Gasteiger charge is -2.34. The van der Waals surface area contributed by atoms with E-state index in [0.29, 0.717) is 13.0 Å². The molecule has 6 nitrogen and oxygen atoms in total. The maximum atomic E-state index is 12.4. The predicted octanol–water partition coefficient (Wildman–Crippen LogP) is 1.48. The molecule has 2 fully saturated rings. The number of carbonyl (C=O) groups is 2. The molecule has 28 heavy (non-hydrogen) atoms. The van der Waals surface area contributed by atoms with Gasteiger partial charge < -0.3 is 15.5 Å². The zero-order valence-corrected chi connectivity index (χ0v) is 17.9. The molecule has 3 rings (SSSR count). The van der Waals surface area contributed by atoms with Gasteiger partial charge in [0.15, 0.2) is 0 Å². The molecule has 0 bridgehead atoms. The highest BCUT2D eigenvalue weighted by atomic mass is 35.5. The monoisotopic (exact) mass is 430 g/mol. The van der Waals surface area contributed by atoms with Crippen LogP contribution in [0.5, 0.6) is 0 Å². The van der Waals surface area contributed by atoms with Crippen LogP contribution in [0, 0.1) is 0 Å². The maximum Gasteiger partial charge on any atom is 0.236 e. The summed E-state index contributed by atoms with van der Waals surface area (Å²) in [5.41, 5.74) is 1.19. The number of piperazine rings is 1. The molecule has 158 valence electrons. The smallest absolute Gasteiger partial charge is 0.236 e. The van der Waals surface area contributed by atoms with Gasteiger partial charge in [0.05, 0.1) is 6.54 Å². The highest BCUT2D eigenvalue weighted by molar-refractivity contribution is 5.85. The van der Waals surface area contributed by atoms with Crippen LogP contribution in [-0.4, -0.2) is 73.5 Å². The molecule has 1 aromatic rings. The molecule has 8 heteroatoms. The van der Waals surface area contributed by atoms with Crippen molar-refractivity contribution in [1.29, 1.82) is 0 Å². The molecule has 0 aliphatic carbocycles. The zero-order valence-electron chi connectivity index (χ0n) is 16.3. The SMILES string of the molecule is Cl.Cl.O=C(CCc1ccccc1)NC1CCN(C(=O)CN2CCNCC2)CC1. The molecule has 0 aromatic heterocycles. The van der Waals surface area contributed by atoms with Crippen molar-refractivity contribution in [2.45, 2.75) is 31.7 Å². The number of hydrogen-bond acceptors (Lipinski definition) is 4. The summed E-state index contributed by atoms with van der Waals surface area (Å²) < 4.78 is 0. The quantitative estimate of drug-likeness (QED) is 0.716. The van der Waals surface area contributed by atoms with Gasteiger partial charge in [-0.05, 0) is 24.8 Å². The van der Waals surface area contributed by atoms with Gasteiger partial charge in [-0.25, -0.2) is 0 Å². The highest BCUT2D eigenvalue weighted by Gasteiger charge is 2.25. The molecular weight excluding hydrogens is 399 g/mol. The molecule has 2 aliphatic rings. The highest BCUT2D eigenvalue weighted by Crippen LogP contribution is 2.12. The molecule has 2 aliphatic heterocycles. The molecule has 0 radical (unpaired) electrons. The Hall–Kier alpha value is -1.34. The van der Waals surface area contributed by atoms with Crippen molar-refractivity contribution in [2.75, 3.05) is 45.8 Å². The van der Waals surface area contributed by atoms with Crippen LogP contribution in [0.25, 0.3) is 0 Å². The number of aryl methyl sites for hydroxylation is 1. The molecule has 2 heterocycles. The predicted molar refractivity (Wildman–Crippen MR) is 116 cm³/mol. The topological polar surface area (TPSA) is 64.7 Å². The summed E-state index contributed by atoms with van der Waals surface area (Å²) in [5, 5.41) is 6.44. The minimum atomic E-state index is 0. The van der Waals surface area contributed by atoms with Gasteiger partial charge in [0.1, 0.15) is 0 Å². The number of halogens is 2. The Labute approximate surface area is 180 Å². The van der Waals surface area contributed by atoms with Crippen LogP contribution in [0.3, 0.4) is 0 Å². The maximum absolute atomic E-state index is 12.4. The number of rotatable bonds is 6. The molecular formula is C20H32Cl2N4O2. The number of piperidine rings is 1. The summed E-state index contributed by atoms with van der Waals surface area (Å²) in [7, 11) is 0. The van der Waals surface area contributed by atoms with E-state index in [1.807, 2.05) is 23.1 Å². The largest absolute Gasteiger partial charge is 0.353 e. The molecule has 0 unspecified atom stereocenters. The molecule has 0 saturated carbocycles. The lowest BCUT2D eigenvalue weighted by molar-refractivity contribution is -0.133. The van der Waals surface area contributed by atoms with Crippen LogP contribution in [-0.2, 0) is 16.0 Å². The van der Waals surface area contributed by atoms with Gasteiger partial charge in [0, 0.05) is 51.7 Å². The van der Waals surface area contributed by atoms with E-state index in [9.17, 15) is 9.59 Å². The van der Waals surface area contributed by atoms with Gasteiger partial charge >= 0.3 is 0 Å². The Bertz CT molecular complexity index is 589. The van der Waals surface area contributed by atoms with Crippen molar-refractivity contribution in [3.63, 3.8) is 0 Å². The van der Waals surface area contributed by atoms with Crippen molar-refractivity contribution in [3.05, 3.63) is 35.9 Å². The average Bonchev–Trinajstić information content (AvgIpc) is 2.68. The Morgan fingerprint density at radius 1 is 1.00 bits per heavy atom. The van der Waals surface area contributed by atoms with Gasteiger partial charge in [-0.3, -0.25) is 14.5 Å². The van der Waals surface area contributed by atoms with Crippen molar-refractivity contribution >= 4 is 36.6 Å². The first-order chi connectivity index (χ1) is 12.7. The summed E-state index contributed by atoms with van der Waals surface area (Å²) in [6.07, 6.45) is 3.00. The Morgan fingerprint density at radius 3 is 2.29 bits per heavy atom. The van der Waals surface area contributed by atoms with Gasteiger partial charge in [-0.2, -0.15) is 0 Å². The third-order valence-electron chi connectivity index (χ3n) is 5.26. The molecule has 1 aromatic carbocycles. The van der Waals surface area contributed by atoms with Crippen LogP contribution in [0.1, 0.15) is 24.8 Å². The van der Waals surface area contributed by atoms with Crippen LogP contribution < -0.4 is 10.6 Å². The summed E-state index contributed by atoms with van der Waals surface area (Å²) in [6.45, 7) is 5.83. The molecule has 0 spiro atoms. The van der Waals surface area contributed by atoms with Gasteiger partial charge in [0.2, 0.25) is 11.8 Å². The van der Waals surface area contributed by atoms with Crippen molar-refractivity contribution in [2.24, 2.45) is 0 Å². The Balaban J connectivity index is 0.00000196. The third-order valence-corrected chi connectivity index (χ3v) is 5.26. The summed E-state index contributed by atoms with van der Waals surface area (Å²) in [4.78, 5) is 28.8. The second-order valence-electron chi connectivity index (χ2n) is 7.23. The minimum Gasteiger partial charge on any atom is -0.353 e. The molecule has 0 atom stereocenters. The molecule has 2 N–H and O–H groups in total. The number of nitrogens with one attached hydrogen (secondary N) is 2. The minimum absolute atomic E-state index is 0. The van der Waals surface area contributed by atoms with Crippen LogP contribution >= 0.6 is 24.8 Å². The van der Waals surface area contributed by atoms with Crippen molar-refractivity contribution in [1.82, 2.24) is 20.4 Å². The first-order valence-electron chi connectivity index (χ1n) is 9.75. The number of nitrogens with zero attached hydrogens (tertiary/aromatic N) is 2. The van der Waals surface area contributed by atoms with E-state index in [0.717, 1.165) is 58.5 Å². The summed E-state index contributed by atoms with van der Waals surface area (Å²) in [5.74, 6) is 0.334. The number of carbonyl (C=O) groups excluding carboxylic acids is 2. The van der Waals surface area contributed by atoms with Gasteiger partial charge in [0.25, 0.3) is 0 Å².